The van der Waals surface area contributed by atoms with E-state index in [2.05, 4.69) is 17.4 Å². The van der Waals surface area contributed by atoms with Gasteiger partial charge in [0.2, 0.25) is 5.91 Å². The summed E-state index contributed by atoms with van der Waals surface area (Å²) in [6, 6.07) is 14.7. The summed E-state index contributed by atoms with van der Waals surface area (Å²) in [7, 11) is 0. The van der Waals surface area contributed by atoms with Crippen LogP contribution in [0.2, 0.25) is 0 Å². The molecule has 2 aromatic carbocycles. The molecule has 1 atom stereocenters. The number of nitrogens with two attached hydrogens (primary N) is 1. The molecule has 2 aromatic rings. The van der Waals surface area contributed by atoms with Crippen molar-refractivity contribution in [3.05, 3.63) is 70.8 Å². The lowest BCUT2D eigenvalue weighted by Crippen LogP contribution is -2.31. The Morgan fingerprint density at radius 1 is 1.05 bits per heavy atom. The summed E-state index contributed by atoms with van der Waals surface area (Å²) in [6.45, 7) is 0. The van der Waals surface area contributed by atoms with Crippen LogP contribution in [0.4, 0.5) is 0 Å². The molecule has 0 saturated carbocycles. The number of amides is 2. The van der Waals surface area contributed by atoms with Crippen LogP contribution in [0, 0.1) is 0 Å². The molecule has 1 aliphatic carbocycles. The molecule has 4 nitrogen and oxygen atoms in total. The minimum atomic E-state index is -0.530. The quantitative estimate of drug-likeness (QED) is 0.913. The molecule has 0 spiro atoms. The number of benzene rings is 2. The maximum absolute atomic E-state index is 12.4. The van der Waals surface area contributed by atoms with Crippen molar-refractivity contribution < 1.29 is 9.59 Å². The Kier molecular flexibility index (Phi) is 3.92. The molecule has 0 saturated heterocycles. The van der Waals surface area contributed by atoms with E-state index in [4.69, 9.17) is 5.73 Å². The van der Waals surface area contributed by atoms with Gasteiger partial charge >= 0.3 is 0 Å². The monoisotopic (exact) mass is 294 g/mol. The Bertz CT molecular complexity index is 725. The number of carbonyl (C=O) groups is 2. The molecule has 112 valence electrons. The minimum absolute atomic E-state index is 0.0229. The average Bonchev–Trinajstić information content (AvgIpc) is 2.55. The first-order valence-corrected chi connectivity index (χ1v) is 7.43. The van der Waals surface area contributed by atoms with Gasteiger partial charge in [0.05, 0.1) is 6.04 Å². The minimum Gasteiger partial charge on any atom is -0.366 e. The predicted molar refractivity (Wildman–Crippen MR) is 84.5 cm³/mol. The average molecular weight is 294 g/mol. The first kappa shape index (κ1) is 14.3. The number of fused-ring (bicyclic) bond motifs is 1. The standard InChI is InChI=1S/C18H18N2O2/c19-17(21)13-7-3-8-14(11-13)18(22)20-16-10-4-6-12-5-1-2-9-15(12)16/h1-3,5,7-9,11,16H,4,6,10H2,(H2,19,21)(H,20,22)/t16-/m0/s1. The van der Waals surface area contributed by atoms with Crippen LogP contribution in [-0.2, 0) is 6.42 Å². The lowest BCUT2D eigenvalue weighted by atomic mass is 9.87. The Balaban J connectivity index is 1.81. The molecule has 0 heterocycles. The zero-order valence-electron chi connectivity index (χ0n) is 12.2. The van der Waals surface area contributed by atoms with Crippen molar-refractivity contribution in [3.8, 4) is 0 Å². The van der Waals surface area contributed by atoms with E-state index in [1.54, 1.807) is 18.2 Å². The highest BCUT2D eigenvalue weighted by molar-refractivity contribution is 5.99. The van der Waals surface area contributed by atoms with Crippen LogP contribution in [0.3, 0.4) is 0 Å². The van der Waals surface area contributed by atoms with Crippen molar-refractivity contribution in [2.24, 2.45) is 5.73 Å². The fraction of sp³-hybridized carbons (Fsp3) is 0.222. The van der Waals surface area contributed by atoms with Gasteiger partial charge < -0.3 is 11.1 Å². The molecule has 0 bridgehead atoms. The van der Waals surface area contributed by atoms with Crippen molar-refractivity contribution >= 4 is 11.8 Å². The Morgan fingerprint density at radius 3 is 2.64 bits per heavy atom. The number of carbonyl (C=O) groups excluding carboxylic acids is 2. The lowest BCUT2D eigenvalue weighted by Gasteiger charge is -2.26. The highest BCUT2D eigenvalue weighted by atomic mass is 16.2. The molecule has 0 unspecified atom stereocenters. The summed E-state index contributed by atoms with van der Waals surface area (Å²) < 4.78 is 0. The van der Waals surface area contributed by atoms with Gasteiger partial charge in [-0.25, -0.2) is 0 Å². The van der Waals surface area contributed by atoms with E-state index in [0.717, 1.165) is 19.3 Å². The predicted octanol–water partition coefficient (Wildman–Crippen LogP) is 2.59. The highest BCUT2D eigenvalue weighted by Crippen LogP contribution is 2.29. The fourth-order valence-electron chi connectivity index (χ4n) is 2.96. The number of hydrogen-bond acceptors (Lipinski definition) is 2. The van der Waals surface area contributed by atoms with Crippen molar-refractivity contribution in [1.29, 1.82) is 0 Å². The second-order valence-corrected chi connectivity index (χ2v) is 5.56. The largest absolute Gasteiger partial charge is 0.366 e. The molecule has 2 amide bonds. The summed E-state index contributed by atoms with van der Waals surface area (Å²) in [5, 5.41) is 3.07. The normalized spacial score (nSPS) is 16.6. The van der Waals surface area contributed by atoms with Gasteiger partial charge in [-0.3, -0.25) is 9.59 Å². The third kappa shape index (κ3) is 2.86. The van der Waals surface area contributed by atoms with E-state index < -0.39 is 5.91 Å². The molecule has 22 heavy (non-hydrogen) atoms. The summed E-state index contributed by atoms with van der Waals surface area (Å²) in [5.41, 5.74) is 8.55. The Morgan fingerprint density at radius 2 is 1.82 bits per heavy atom. The van der Waals surface area contributed by atoms with Gasteiger partial charge in [-0.2, -0.15) is 0 Å². The molecule has 0 aromatic heterocycles. The third-order valence-corrected chi connectivity index (χ3v) is 4.08. The second kappa shape index (κ2) is 6.02. The van der Waals surface area contributed by atoms with Crippen LogP contribution in [0.25, 0.3) is 0 Å². The van der Waals surface area contributed by atoms with Gasteiger partial charge in [0.15, 0.2) is 0 Å². The number of nitrogens with one attached hydrogen (secondary N) is 1. The van der Waals surface area contributed by atoms with E-state index in [1.165, 1.54) is 17.2 Å². The van der Waals surface area contributed by atoms with Gasteiger partial charge in [0, 0.05) is 11.1 Å². The Hall–Kier alpha value is -2.62. The molecular weight excluding hydrogens is 276 g/mol. The van der Waals surface area contributed by atoms with Crippen LogP contribution in [0.5, 0.6) is 0 Å². The number of aryl methyl sites for hydroxylation is 1. The van der Waals surface area contributed by atoms with E-state index in [-0.39, 0.29) is 11.9 Å². The first-order chi connectivity index (χ1) is 10.6. The summed E-state index contributed by atoms with van der Waals surface area (Å²) in [6.07, 6.45) is 3.04. The number of hydrogen-bond donors (Lipinski definition) is 2. The van der Waals surface area contributed by atoms with E-state index in [0.29, 0.717) is 11.1 Å². The topological polar surface area (TPSA) is 72.2 Å². The SMILES string of the molecule is NC(=O)c1cccc(C(=O)N[C@H]2CCCc3ccccc32)c1. The van der Waals surface area contributed by atoms with Gasteiger partial charge in [0.1, 0.15) is 0 Å². The van der Waals surface area contributed by atoms with Crippen molar-refractivity contribution in [1.82, 2.24) is 5.32 Å². The second-order valence-electron chi connectivity index (χ2n) is 5.56. The van der Waals surface area contributed by atoms with Crippen LogP contribution < -0.4 is 11.1 Å². The van der Waals surface area contributed by atoms with Crippen LogP contribution in [0.15, 0.2) is 48.5 Å². The van der Waals surface area contributed by atoms with Gasteiger partial charge in [-0.05, 0) is 48.6 Å². The maximum atomic E-state index is 12.4. The van der Waals surface area contributed by atoms with Crippen LogP contribution >= 0.6 is 0 Å². The number of rotatable bonds is 3. The zero-order valence-corrected chi connectivity index (χ0v) is 12.2. The molecular formula is C18H18N2O2. The zero-order chi connectivity index (χ0) is 15.5. The Labute approximate surface area is 129 Å². The maximum Gasteiger partial charge on any atom is 0.251 e. The smallest absolute Gasteiger partial charge is 0.251 e. The van der Waals surface area contributed by atoms with Crippen molar-refractivity contribution in [3.63, 3.8) is 0 Å². The van der Waals surface area contributed by atoms with Crippen molar-refractivity contribution in [2.75, 3.05) is 0 Å². The molecule has 3 rings (SSSR count). The van der Waals surface area contributed by atoms with Gasteiger partial charge in [-0.1, -0.05) is 30.3 Å². The first-order valence-electron chi connectivity index (χ1n) is 7.43. The third-order valence-electron chi connectivity index (χ3n) is 4.08. The molecule has 0 fully saturated rings. The van der Waals surface area contributed by atoms with E-state index in [1.807, 2.05) is 12.1 Å². The van der Waals surface area contributed by atoms with Gasteiger partial charge in [-0.15, -0.1) is 0 Å². The summed E-state index contributed by atoms with van der Waals surface area (Å²) in [5.74, 6) is -0.706. The molecule has 3 N–H and O–H groups in total. The van der Waals surface area contributed by atoms with Gasteiger partial charge in [0.25, 0.3) is 5.91 Å². The van der Waals surface area contributed by atoms with Crippen molar-refractivity contribution in [2.45, 2.75) is 25.3 Å². The van der Waals surface area contributed by atoms with E-state index in [9.17, 15) is 9.59 Å². The summed E-state index contributed by atoms with van der Waals surface area (Å²) in [4.78, 5) is 23.7. The highest BCUT2D eigenvalue weighted by Gasteiger charge is 2.22. The van der Waals surface area contributed by atoms with Crippen LogP contribution in [-0.4, -0.2) is 11.8 Å². The fourth-order valence-corrected chi connectivity index (χ4v) is 2.96. The summed E-state index contributed by atoms with van der Waals surface area (Å²) >= 11 is 0. The van der Waals surface area contributed by atoms with Crippen LogP contribution in [0.1, 0.15) is 50.7 Å². The molecule has 1 aliphatic rings. The molecule has 0 aliphatic heterocycles. The molecule has 0 radical (unpaired) electrons. The number of primary amides is 1. The lowest BCUT2D eigenvalue weighted by molar-refractivity contribution is 0.0932. The van der Waals surface area contributed by atoms with E-state index >= 15 is 0 Å². The molecule has 4 heteroatoms.